The number of fused-ring (bicyclic) bond motifs is 1. The fraction of sp³-hybridized carbons (Fsp3) is 0.474. The van der Waals surface area contributed by atoms with Gasteiger partial charge >= 0.3 is 0 Å². The van der Waals surface area contributed by atoms with Crippen LogP contribution in [0.5, 0.6) is 5.75 Å². The summed E-state index contributed by atoms with van der Waals surface area (Å²) < 4.78 is 5.77. The van der Waals surface area contributed by atoms with Crippen LogP contribution in [0.15, 0.2) is 24.3 Å². The maximum absolute atomic E-state index is 12.5. The van der Waals surface area contributed by atoms with Gasteiger partial charge in [0.05, 0.1) is 0 Å². The molecule has 0 saturated heterocycles. The van der Waals surface area contributed by atoms with Crippen molar-refractivity contribution in [2.24, 2.45) is 0 Å². The lowest BCUT2D eigenvalue weighted by atomic mass is 10.1. The van der Waals surface area contributed by atoms with Crippen molar-refractivity contribution in [1.82, 2.24) is 20.4 Å². The van der Waals surface area contributed by atoms with E-state index in [9.17, 15) is 4.79 Å². The number of H-pyrrole nitrogens is 1. The number of hydrogen-bond acceptors (Lipinski definition) is 5. The van der Waals surface area contributed by atoms with Crippen LogP contribution < -0.4 is 15.4 Å². The number of nitrogens with zero attached hydrogens (tertiary/aromatic N) is 2. The van der Waals surface area contributed by atoms with Gasteiger partial charge in [-0.25, -0.2) is 0 Å². The van der Waals surface area contributed by atoms with E-state index in [1.165, 1.54) is 0 Å². The van der Waals surface area contributed by atoms with Crippen molar-refractivity contribution in [2.75, 3.05) is 38.1 Å². The van der Waals surface area contributed by atoms with Crippen LogP contribution in [0.3, 0.4) is 0 Å². The molecule has 26 heavy (non-hydrogen) atoms. The van der Waals surface area contributed by atoms with Crippen LogP contribution in [0.25, 0.3) is 0 Å². The van der Waals surface area contributed by atoms with Crippen LogP contribution in [-0.2, 0) is 13.0 Å². The number of likely N-dealkylation sites (N-methyl/N-ethyl adjacent to an activating group) is 1. The average molecular weight is 357 g/mol. The lowest BCUT2D eigenvalue weighted by Crippen LogP contribution is -2.27. The summed E-state index contributed by atoms with van der Waals surface area (Å²) in [6.45, 7) is 9.49. The molecule has 0 aliphatic carbocycles. The SMILES string of the molecule is CCN(CC)CCOc1ccc(NC(=O)c2n[nH]c3c2CNCC3)cc1. The van der Waals surface area contributed by atoms with E-state index in [-0.39, 0.29) is 5.91 Å². The van der Waals surface area contributed by atoms with Crippen molar-refractivity contribution >= 4 is 11.6 Å². The summed E-state index contributed by atoms with van der Waals surface area (Å²) in [5.74, 6) is 0.609. The van der Waals surface area contributed by atoms with E-state index >= 15 is 0 Å². The Balaban J connectivity index is 1.54. The number of carbonyl (C=O) groups excluding carboxylic acids is 1. The monoisotopic (exact) mass is 357 g/mol. The molecule has 0 atom stereocenters. The Morgan fingerprint density at radius 3 is 2.77 bits per heavy atom. The summed E-state index contributed by atoms with van der Waals surface area (Å²) in [5, 5.41) is 13.3. The van der Waals surface area contributed by atoms with Crippen LogP contribution in [0.2, 0.25) is 0 Å². The third kappa shape index (κ3) is 4.42. The fourth-order valence-corrected chi connectivity index (χ4v) is 3.07. The molecule has 1 amide bonds. The highest BCUT2D eigenvalue weighted by Gasteiger charge is 2.21. The Morgan fingerprint density at radius 2 is 2.04 bits per heavy atom. The summed E-state index contributed by atoms with van der Waals surface area (Å²) in [6, 6.07) is 7.45. The smallest absolute Gasteiger partial charge is 0.276 e. The first-order valence-corrected chi connectivity index (χ1v) is 9.24. The molecule has 0 spiro atoms. The molecular weight excluding hydrogens is 330 g/mol. The van der Waals surface area contributed by atoms with Crippen molar-refractivity contribution in [3.63, 3.8) is 0 Å². The Kier molecular flexibility index (Phi) is 6.25. The maximum Gasteiger partial charge on any atom is 0.276 e. The first-order valence-electron chi connectivity index (χ1n) is 9.24. The summed E-state index contributed by atoms with van der Waals surface area (Å²) in [6.07, 6.45) is 0.870. The van der Waals surface area contributed by atoms with E-state index in [0.717, 1.165) is 55.3 Å². The van der Waals surface area contributed by atoms with E-state index in [1.54, 1.807) is 0 Å². The van der Waals surface area contributed by atoms with Crippen LogP contribution >= 0.6 is 0 Å². The number of benzene rings is 1. The third-order valence-corrected chi connectivity index (χ3v) is 4.70. The van der Waals surface area contributed by atoms with Gasteiger partial charge in [0.2, 0.25) is 0 Å². The molecule has 1 aliphatic heterocycles. The molecule has 0 saturated carbocycles. The highest BCUT2D eigenvalue weighted by molar-refractivity contribution is 6.04. The molecule has 1 aromatic carbocycles. The maximum atomic E-state index is 12.5. The van der Waals surface area contributed by atoms with E-state index in [4.69, 9.17) is 4.74 Å². The normalized spacial score (nSPS) is 13.5. The Morgan fingerprint density at radius 1 is 1.27 bits per heavy atom. The van der Waals surface area contributed by atoms with Crippen molar-refractivity contribution in [1.29, 1.82) is 0 Å². The zero-order valence-electron chi connectivity index (χ0n) is 15.5. The standard InChI is InChI=1S/C19H27N5O2/c1-3-24(4-2)11-12-26-15-7-5-14(6-8-15)21-19(25)18-16-13-20-10-9-17(16)22-23-18/h5-8,20H,3-4,9-13H2,1-2H3,(H,21,25)(H,22,23). The van der Waals surface area contributed by atoms with Gasteiger partial charge in [-0.05, 0) is 37.4 Å². The fourth-order valence-electron chi connectivity index (χ4n) is 3.07. The van der Waals surface area contributed by atoms with Crippen molar-refractivity contribution in [3.05, 3.63) is 41.2 Å². The molecule has 3 rings (SSSR count). The quantitative estimate of drug-likeness (QED) is 0.673. The van der Waals surface area contributed by atoms with Gasteiger partial charge in [0, 0.05) is 43.0 Å². The Labute approximate surface area is 154 Å². The van der Waals surface area contributed by atoms with Crippen molar-refractivity contribution < 1.29 is 9.53 Å². The highest BCUT2D eigenvalue weighted by atomic mass is 16.5. The molecule has 7 nitrogen and oxygen atoms in total. The predicted molar refractivity (Wildman–Crippen MR) is 102 cm³/mol. The summed E-state index contributed by atoms with van der Waals surface area (Å²) >= 11 is 0. The molecule has 0 radical (unpaired) electrons. The highest BCUT2D eigenvalue weighted by Crippen LogP contribution is 2.19. The molecule has 140 valence electrons. The van der Waals surface area contributed by atoms with Crippen molar-refractivity contribution in [2.45, 2.75) is 26.8 Å². The summed E-state index contributed by atoms with van der Waals surface area (Å²) in [7, 11) is 0. The number of aromatic amines is 1. The topological polar surface area (TPSA) is 82.3 Å². The van der Waals surface area contributed by atoms with Gasteiger partial charge < -0.3 is 20.3 Å². The first-order chi connectivity index (χ1) is 12.7. The number of carbonyl (C=O) groups is 1. The van der Waals surface area contributed by atoms with Gasteiger partial charge in [-0.2, -0.15) is 5.10 Å². The molecule has 7 heteroatoms. The lowest BCUT2D eigenvalue weighted by molar-refractivity contribution is 0.102. The third-order valence-electron chi connectivity index (χ3n) is 4.70. The molecule has 1 aliphatic rings. The van der Waals surface area contributed by atoms with Crippen molar-refractivity contribution in [3.8, 4) is 5.75 Å². The number of ether oxygens (including phenoxy) is 1. The van der Waals surface area contributed by atoms with Gasteiger partial charge in [0.15, 0.2) is 5.69 Å². The van der Waals surface area contributed by atoms with Gasteiger partial charge in [-0.3, -0.25) is 9.89 Å². The van der Waals surface area contributed by atoms with E-state index in [1.807, 2.05) is 24.3 Å². The zero-order chi connectivity index (χ0) is 18.4. The van der Waals surface area contributed by atoms with Crippen LogP contribution in [-0.4, -0.2) is 53.8 Å². The van der Waals surface area contributed by atoms with Gasteiger partial charge in [0.1, 0.15) is 12.4 Å². The van der Waals surface area contributed by atoms with Crippen LogP contribution in [0.4, 0.5) is 5.69 Å². The average Bonchev–Trinajstić information content (AvgIpc) is 3.11. The largest absolute Gasteiger partial charge is 0.492 e. The lowest BCUT2D eigenvalue weighted by Gasteiger charge is -2.18. The summed E-state index contributed by atoms with van der Waals surface area (Å²) in [5.41, 5.74) is 3.20. The zero-order valence-corrected chi connectivity index (χ0v) is 15.5. The number of aromatic nitrogens is 2. The van der Waals surface area contributed by atoms with E-state index in [0.29, 0.717) is 18.8 Å². The second-order valence-corrected chi connectivity index (χ2v) is 6.31. The number of nitrogens with one attached hydrogen (secondary N) is 3. The molecule has 2 heterocycles. The molecule has 0 bridgehead atoms. The molecule has 3 N–H and O–H groups in total. The van der Waals surface area contributed by atoms with E-state index in [2.05, 4.69) is 39.6 Å². The summed E-state index contributed by atoms with van der Waals surface area (Å²) in [4.78, 5) is 14.8. The number of amides is 1. The van der Waals surface area contributed by atoms with Gasteiger partial charge in [0.25, 0.3) is 5.91 Å². The minimum Gasteiger partial charge on any atom is -0.492 e. The Hall–Kier alpha value is -2.38. The minimum absolute atomic E-state index is 0.193. The van der Waals surface area contributed by atoms with E-state index < -0.39 is 0 Å². The molecule has 0 unspecified atom stereocenters. The number of anilines is 1. The second kappa shape index (κ2) is 8.82. The Bertz CT molecular complexity index is 722. The van der Waals surface area contributed by atoms with Crippen LogP contribution in [0.1, 0.15) is 35.6 Å². The molecule has 2 aromatic rings. The number of rotatable bonds is 8. The minimum atomic E-state index is -0.193. The van der Waals surface area contributed by atoms with Gasteiger partial charge in [-0.1, -0.05) is 13.8 Å². The van der Waals surface area contributed by atoms with Gasteiger partial charge in [-0.15, -0.1) is 0 Å². The van der Waals surface area contributed by atoms with Crippen LogP contribution in [0, 0.1) is 0 Å². The molecule has 0 fully saturated rings. The second-order valence-electron chi connectivity index (χ2n) is 6.31. The number of hydrogen-bond donors (Lipinski definition) is 3. The molecular formula is C19H27N5O2. The molecule has 1 aromatic heterocycles. The first kappa shape index (κ1) is 18.4. The predicted octanol–water partition coefficient (Wildman–Crippen LogP) is 2.03.